The number of aromatic nitrogens is 1. The van der Waals surface area contributed by atoms with Gasteiger partial charge in [-0.2, -0.15) is 0 Å². The third-order valence-electron chi connectivity index (χ3n) is 3.17. The lowest BCUT2D eigenvalue weighted by Gasteiger charge is -2.19. The minimum Gasteiger partial charge on any atom is -0.460 e. The second-order valence-corrected chi connectivity index (χ2v) is 6.42. The van der Waals surface area contributed by atoms with E-state index in [0.29, 0.717) is 5.69 Å². The molecule has 0 unspecified atom stereocenters. The topological polar surface area (TPSA) is 68.3 Å². The molecule has 0 saturated carbocycles. The summed E-state index contributed by atoms with van der Waals surface area (Å²) < 4.78 is 5.21. The Labute approximate surface area is 142 Å². The summed E-state index contributed by atoms with van der Waals surface area (Å²) in [6.07, 6.45) is 3.55. The number of benzene rings is 1. The quantitative estimate of drug-likeness (QED) is 0.848. The zero-order valence-electron chi connectivity index (χ0n) is 14.2. The van der Waals surface area contributed by atoms with Crippen molar-refractivity contribution < 1.29 is 14.3 Å². The van der Waals surface area contributed by atoms with Gasteiger partial charge in [0, 0.05) is 30.1 Å². The van der Waals surface area contributed by atoms with Gasteiger partial charge in [-0.05, 0) is 44.5 Å². The summed E-state index contributed by atoms with van der Waals surface area (Å²) in [5.74, 6) is -0.595. The maximum Gasteiger partial charge on any atom is 0.306 e. The van der Waals surface area contributed by atoms with Gasteiger partial charge >= 0.3 is 5.97 Å². The van der Waals surface area contributed by atoms with Crippen LogP contribution in [0.15, 0.2) is 48.8 Å². The molecule has 0 aliphatic heterocycles. The van der Waals surface area contributed by atoms with Gasteiger partial charge in [-0.25, -0.2) is 0 Å². The molecule has 1 heterocycles. The second-order valence-electron chi connectivity index (χ2n) is 6.42. The van der Waals surface area contributed by atoms with Crippen molar-refractivity contribution >= 4 is 17.6 Å². The summed E-state index contributed by atoms with van der Waals surface area (Å²) in [5.41, 5.74) is 2.04. The van der Waals surface area contributed by atoms with Crippen LogP contribution in [-0.4, -0.2) is 22.5 Å². The van der Waals surface area contributed by atoms with Crippen molar-refractivity contribution in [1.29, 1.82) is 0 Å². The van der Waals surface area contributed by atoms with E-state index in [2.05, 4.69) is 10.3 Å². The normalized spacial score (nSPS) is 11.0. The molecule has 2 aromatic rings. The van der Waals surface area contributed by atoms with E-state index in [4.69, 9.17) is 4.74 Å². The molecule has 126 valence electrons. The van der Waals surface area contributed by atoms with Gasteiger partial charge < -0.3 is 10.1 Å². The summed E-state index contributed by atoms with van der Waals surface area (Å²) in [7, 11) is 0. The molecule has 0 bridgehead atoms. The summed E-state index contributed by atoms with van der Waals surface area (Å²) in [5, 5.41) is 2.86. The molecule has 2 rings (SSSR count). The number of hydrogen-bond donors (Lipinski definition) is 1. The standard InChI is InChI=1S/C19H22N2O3/c1-19(2,3)24-18(23)9-8-17(22)21-16-7-5-4-6-15(16)14-10-12-20-13-11-14/h4-7,10-13H,8-9H2,1-3H3,(H,21,22). The van der Waals surface area contributed by atoms with Crippen LogP contribution in [0.2, 0.25) is 0 Å². The van der Waals surface area contributed by atoms with E-state index in [-0.39, 0.29) is 24.7 Å². The molecule has 1 amide bonds. The van der Waals surface area contributed by atoms with Crippen molar-refractivity contribution in [3.05, 3.63) is 48.8 Å². The maximum atomic E-state index is 12.1. The fraction of sp³-hybridized carbons (Fsp3) is 0.316. The summed E-state index contributed by atoms with van der Waals surface area (Å²) in [4.78, 5) is 27.8. The molecule has 5 heteroatoms. The van der Waals surface area contributed by atoms with Gasteiger partial charge in [-0.3, -0.25) is 14.6 Å². The maximum absolute atomic E-state index is 12.1. The number of pyridine rings is 1. The number of ether oxygens (including phenoxy) is 1. The molecule has 24 heavy (non-hydrogen) atoms. The van der Waals surface area contributed by atoms with Crippen LogP contribution in [0.5, 0.6) is 0 Å². The predicted octanol–water partition coefficient (Wildman–Crippen LogP) is 3.81. The third-order valence-corrected chi connectivity index (χ3v) is 3.17. The Morgan fingerprint density at radius 1 is 1.04 bits per heavy atom. The molecule has 5 nitrogen and oxygen atoms in total. The molecule has 0 saturated heterocycles. The molecule has 0 radical (unpaired) electrons. The Hall–Kier alpha value is -2.69. The molecule has 1 aromatic carbocycles. The smallest absolute Gasteiger partial charge is 0.306 e. The molecule has 1 N–H and O–H groups in total. The molecule has 0 aliphatic rings. The van der Waals surface area contributed by atoms with E-state index in [0.717, 1.165) is 11.1 Å². The monoisotopic (exact) mass is 326 g/mol. The average Bonchev–Trinajstić information content (AvgIpc) is 2.53. The Balaban J connectivity index is 1.99. The van der Waals surface area contributed by atoms with Crippen LogP contribution in [0, 0.1) is 0 Å². The lowest BCUT2D eigenvalue weighted by Crippen LogP contribution is -2.24. The van der Waals surface area contributed by atoms with Gasteiger partial charge in [0.1, 0.15) is 5.60 Å². The van der Waals surface area contributed by atoms with Crippen molar-refractivity contribution in [1.82, 2.24) is 4.98 Å². The molecular weight excluding hydrogens is 304 g/mol. The average molecular weight is 326 g/mol. The van der Waals surface area contributed by atoms with E-state index in [1.807, 2.05) is 36.4 Å². The Kier molecular flexibility index (Phi) is 5.68. The zero-order valence-corrected chi connectivity index (χ0v) is 14.2. The van der Waals surface area contributed by atoms with Crippen molar-refractivity contribution in [2.45, 2.75) is 39.2 Å². The van der Waals surface area contributed by atoms with Crippen molar-refractivity contribution in [2.24, 2.45) is 0 Å². The lowest BCUT2D eigenvalue weighted by atomic mass is 10.0. The van der Waals surface area contributed by atoms with E-state index in [1.165, 1.54) is 0 Å². The number of para-hydroxylation sites is 1. The lowest BCUT2D eigenvalue weighted by molar-refractivity contribution is -0.155. The van der Waals surface area contributed by atoms with Crippen molar-refractivity contribution in [3.63, 3.8) is 0 Å². The van der Waals surface area contributed by atoms with E-state index in [1.54, 1.807) is 33.2 Å². The van der Waals surface area contributed by atoms with Crippen LogP contribution in [0.25, 0.3) is 11.1 Å². The third kappa shape index (κ3) is 5.50. The van der Waals surface area contributed by atoms with E-state index >= 15 is 0 Å². The number of amides is 1. The van der Waals surface area contributed by atoms with Gasteiger partial charge in [-0.1, -0.05) is 18.2 Å². The van der Waals surface area contributed by atoms with Crippen LogP contribution >= 0.6 is 0 Å². The van der Waals surface area contributed by atoms with Gasteiger partial charge in [0.15, 0.2) is 0 Å². The highest BCUT2D eigenvalue weighted by Gasteiger charge is 2.17. The molecule has 0 aliphatic carbocycles. The Bertz CT molecular complexity index is 706. The van der Waals surface area contributed by atoms with Crippen molar-refractivity contribution in [2.75, 3.05) is 5.32 Å². The first-order chi connectivity index (χ1) is 11.3. The largest absolute Gasteiger partial charge is 0.460 e. The minimum atomic E-state index is -0.540. The fourth-order valence-corrected chi connectivity index (χ4v) is 2.20. The van der Waals surface area contributed by atoms with E-state index < -0.39 is 5.60 Å². The number of hydrogen-bond acceptors (Lipinski definition) is 4. The fourth-order valence-electron chi connectivity index (χ4n) is 2.20. The summed E-state index contributed by atoms with van der Waals surface area (Å²) in [6.45, 7) is 5.40. The molecule has 0 spiro atoms. The van der Waals surface area contributed by atoms with Gasteiger partial charge in [0.05, 0.1) is 6.42 Å². The second kappa shape index (κ2) is 7.73. The Morgan fingerprint density at radius 3 is 2.38 bits per heavy atom. The molecule has 0 atom stereocenters. The number of nitrogens with one attached hydrogen (secondary N) is 1. The number of esters is 1. The van der Waals surface area contributed by atoms with Gasteiger partial charge in [0.25, 0.3) is 0 Å². The molecular formula is C19H22N2O3. The van der Waals surface area contributed by atoms with Crippen LogP contribution in [0.3, 0.4) is 0 Å². The first-order valence-electron chi connectivity index (χ1n) is 7.86. The van der Waals surface area contributed by atoms with E-state index in [9.17, 15) is 9.59 Å². The van der Waals surface area contributed by atoms with Gasteiger partial charge in [0.2, 0.25) is 5.91 Å². The SMILES string of the molecule is CC(C)(C)OC(=O)CCC(=O)Nc1ccccc1-c1ccncc1. The molecule has 1 aromatic heterocycles. The van der Waals surface area contributed by atoms with Crippen LogP contribution < -0.4 is 5.32 Å². The molecule has 0 fully saturated rings. The zero-order chi connectivity index (χ0) is 17.6. The highest BCUT2D eigenvalue weighted by Crippen LogP contribution is 2.27. The van der Waals surface area contributed by atoms with Crippen molar-refractivity contribution in [3.8, 4) is 11.1 Å². The highest BCUT2D eigenvalue weighted by molar-refractivity contribution is 5.96. The van der Waals surface area contributed by atoms with Gasteiger partial charge in [-0.15, -0.1) is 0 Å². The highest BCUT2D eigenvalue weighted by atomic mass is 16.6. The van der Waals surface area contributed by atoms with Crippen LogP contribution in [0.1, 0.15) is 33.6 Å². The summed E-state index contributed by atoms with van der Waals surface area (Å²) in [6, 6.07) is 11.3. The van der Waals surface area contributed by atoms with Crippen LogP contribution in [-0.2, 0) is 14.3 Å². The number of rotatable bonds is 5. The predicted molar refractivity (Wildman–Crippen MR) is 93.4 cm³/mol. The number of nitrogens with zero attached hydrogens (tertiary/aromatic N) is 1. The summed E-state index contributed by atoms with van der Waals surface area (Å²) >= 11 is 0. The minimum absolute atomic E-state index is 0.0561. The Morgan fingerprint density at radius 2 is 1.71 bits per heavy atom. The van der Waals surface area contributed by atoms with Crippen LogP contribution in [0.4, 0.5) is 5.69 Å². The first-order valence-corrected chi connectivity index (χ1v) is 7.86. The number of carbonyl (C=O) groups is 2. The number of carbonyl (C=O) groups excluding carboxylic acids is 2. The number of anilines is 1. The first kappa shape index (κ1) is 17.7.